The number of carbonyl (C=O) groups excluding carboxylic acids is 3. The van der Waals surface area contributed by atoms with Gasteiger partial charge in [-0.05, 0) is 55.4 Å². The van der Waals surface area contributed by atoms with Crippen molar-refractivity contribution in [2.45, 2.75) is 18.6 Å². The van der Waals surface area contributed by atoms with Crippen LogP contribution in [0.5, 0.6) is 0 Å². The Bertz CT molecular complexity index is 2080. The van der Waals surface area contributed by atoms with Gasteiger partial charge in [-0.2, -0.15) is 13.2 Å². The molecule has 0 spiro atoms. The second-order valence-corrected chi connectivity index (χ2v) is 12.3. The molecule has 5 rings (SSSR count). The second-order valence-electron chi connectivity index (χ2n) is 11.9. The summed E-state index contributed by atoms with van der Waals surface area (Å²) in [5, 5.41) is 4.52. The van der Waals surface area contributed by atoms with Crippen LogP contribution in [0.1, 0.15) is 22.3 Å². The van der Waals surface area contributed by atoms with Gasteiger partial charge in [0.15, 0.2) is 5.83 Å². The number of rotatable bonds is 7. The molecule has 3 heterocycles. The topological polar surface area (TPSA) is 126 Å². The van der Waals surface area contributed by atoms with Crippen molar-refractivity contribution >= 4 is 51.7 Å². The number of nitrogens with two attached hydrogens (primary N) is 1. The van der Waals surface area contributed by atoms with Crippen LogP contribution in [0.2, 0.25) is 5.02 Å². The van der Waals surface area contributed by atoms with Gasteiger partial charge in [-0.25, -0.2) is 9.37 Å². The number of carbonyl (C=O) groups is 3. The first-order valence-corrected chi connectivity index (χ1v) is 15.6. The van der Waals surface area contributed by atoms with Crippen LogP contribution >= 0.6 is 11.6 Å². The first kappa shape index (κ1) is 35.9. The average molecular weight is 710 g/mol. The maximum Gasteiger partial charge on any atom is 0.405 e. The van der Waals surface area contributed by atoms with E-state index in [-0.39, 0.29) is 28.4 Å². The standard InChI is InChI=1S/C35H32ClF4N7O3/c1-19(37)33(49)44-23-9-5-20(6-10-23)30-28(21-7-11-25(26(36)15-21)34(50)43-18-35(38,39)40)29-31(47(30)4)22(16-42-32(29)41)8-12-27(48)46(3)24-13-14-45(2)17-24/h5-7,9-11,15-16,24H,1,13-14,17-18H2,2-4H3,(H2,41,42)(H,43,50)(H,44,49)/t24-/m1/s1. The molecule has 15 heteroatoms. The first-order chi connectivity index (χ1) is 23.6. The molecular weight excluding hydrogens is 678 g/mol. The molecule has 2 aromatic carbocycles. The summed E-state index contributed by atoms with van der Waals surface area (Å²) in [7, 11) is 5.44. The molecule has 1 saturated heterocycles. The van der Waals surface area contributed by atoms with E-state index in [1.54, 1.807) is 47.8 Å². The summed E-state index contributed by atoms with van der Waals surface area (Å²) < 4.78 is 53.4. The highest BCUT2D eigenvalue weighted by atomic mass is 35.5. The van der Waals surface area contributed by atoms with Gasteiger partial charge in [-0.3, -0.25) is 14.4 Å². The second kappa shape index (κ2) is 14.2. The largest absolute Gasteiger partial charge is 0.405 e. The number of benzene rings is 2. The summed E-state index contributed by atoms with van der Waals surface area (Å²) in [6.45, 7) is 3.07. The third-order valence-corrected chi connectivity index (χ3v) is 8.70. The van der Waals surface area contributed by atoms with Crippen molar-refractivity contribution in [2.75, 3.05) is 44.8 Å². The molecule has 3 amide bonds. The maximum atomic E-state index is 13.3. The van der Waals surface area contributed by atoms with Crippen LogP contribution in [0.25, 0.3) is 33.3 Å². The SMILES string of the molecule is C=C(F)C(=O)Nc1ccc(-c2c(-c3ccc(C(=O)NCC(F)(F)F)c(Cl)c3)c3c(N)ncc(C#CC(=O)N(C)[C@@H]4CCN(C)C4)c3n2C)cc1. The molecule has 0 unspecified atom stereocenters. The zero-order valence-corrected chi connectivity index (χ0v) is 28.0. The van der Waals surface area contributed by atoms with Crippen molar-refractivity contribution in [3.8, 4) is 34.2 Å². The number of nitrogen functional groups attached to an aromatic ring is 1. The number of hydrogen-bond acceptors (Lipinski definition) is 6. The van der Waals surface area contributed by atoms with E-state index >= 15 is 0 Å². The van der Waals surface area contributed by atoms with Crippen LogP contribution in [0.4, 0.5) is 29.1 Å². The quantitative estimate of drug-likeness (QED) is 0.135. The number of amides is 3. The number of aryl methyl sites for hydroxylation is 1. The van der Waals surface area contributed by atoms with Crippen molar-refractivity contribution in [2.24, 2.45) is 7.05 Å². The van der Waals surface area contributed by atoms with Gasteiger partial charge in [0.05, 0.1) is 32.7 Å². The Morgan fingerprint density at radius 3 is 2.42 bits per heavy atom. The molecule has 1 aliphatic rings. The van der Waals surface area contributed by atoms with E-state index < -0.39 is 30.4 Å². The van der Waals surface area contributed by atoms with Crippen molar-refractivity contribution in [1.82, 2.24) is 24.7 Å². The Hall–Kier alpha value is -5.39. The van der Waals surface area contributed by atoms with Crippen molar-refractivity contribution in [3.63, 3.8) is 0 Å². The number of likely N-dealkylation sites (tertiary alicyclic amines) is 1. The van der Waals surface area contributed by atoms with E-state index in [9.17, 15) is 31.9 Å². The lowest BCUT2D eigenvalue weighted by molar-refractivity contribution is -0.125. The lowest BCUT2D eigenvalue weighted by atomic mass is 9.96. The Kier molecular flexibility index (Phi) is 10.2. The Labute approximate surface area is 289 Å². The van der Waals surface area contributed by atoms with Crippen LogP contribution < -0.4 is 16.4 Å². The number of pyridine rings is 1. The van der Waals surface area contributed by atoms with E-state index in [1.807, 2.05) is 12.4 Å². The number of nitrogens with one attached hydrogen (secondary N) is 2. The number of nitrogens with zero attached hydrogens (tertiary/aromatic N) is 4. The number of halogens is 5. The van der Waals surface area contributed by atoms with Gasteiger partial charge in [0.25, 0.3) is 17.7 Å². The lowest BCUT2D eigenvalue weighted by Gasteiger charge is -2.21. The van der Waals surface area contributed by atoms with Crippen molar-refractivity contribution < 1.29 is 31.9 Å². The minimum atomic E-state index is -4.61. The lowest BCUT2D eigenvalue weighted by Crippen LogP contribution is -2.37. The van der Waals surface area contributed by atoms with Crippen LogP contribution in [0.15, 0.2) is 61.1 Å². The highest BCUT2D eigenvalue weighted by Crippen LogP contribution is 2.44. The summed E-state index contributed by atoms with van der Waals surface area (Å²) in [5.74, 6) is 2.25. The Morgan fingerprint density at radius 1 is 1.14 bits per heavy atom. The average Bonchev–Trinajstić information content (AvgIpc) is 3.64. The fourth-order valence-corrected chi connectivity index (χ4v) is 6.13. The van der Waals surface area contributed by atoms with E-state index in [2.05, 4.69) is 33.6 Å². The van der Waals surface area contributed by atoms with E-state index in [4.69, 9.17) is 17.3 Å². The molecular formula is C35H32ClF4N7O3. The molecule has 1 fully saturated rings. The van der Waals surface area contributed by atoms with Crippen LogP contribution in [-0.2, 0) is 16.6 Å². The predicted molar refractivity (Wildman–Crippen MR) is 184 cm³/mol. The predicted octanol–water partition coefficient (Wildman–Crippen LogP) is 5.37. The summed E-state index contributed by atoms with van der Waals surface area (Å²) in [6, 6.07) is 10.7. The highest BCUT2D eigenvalue weighted by Gasteiger charge is 2.29. The fraction of sp³-hybridized carbons (Fsp3) is 0.257. The van der Waals surface area contributed by atoms with Crippen LogP contribution in [0.3, 0.4) is 0 Å². The molecule has 10 nitrogen and oxygen atoms in total. The van der Waals surface area contributed by atoms with Crippen LogP contribution in [0, 0.1) is 11.8 Å². The van der Waals surface area contributed by atoms with Gasteiger partial charge in [-0.1, -0.05) is 42.3 Å². The molecule has 0 aliphatic carbocycles. The van der Waals surface area contributed by atoms with Crippen LogP contribution in [-0.4, -0.2) is 83.0 Å². The third kappa shape index (κ3) is 7.59. The summed E-state index contributed by atoms with van der Waals surface area (Å²) in [5.41, 5.74) is 9.57. The van der Waals surface area contributed by atoms with E-state index in [0.717, 1.165) is 19.5 Å². The minimum absolute atomic E-state index is 0.0265. The number of fused-ring (bicyclic) bond motifs is 1. The summed E-state index contributed by atoms with van der Waals surface area (Å²) >= 11 is 6.48. The number of anilines is 2. The zero-order chi connectivity index (χ0) is 36.5. The smallest absolute Gasteiger partial charge is 0.383 e. The third-order valence-electron chi connectivity index (χ3n) is 8.39. The normalized spacial score (nSPS) is 14.6. The fourth-order valence-electron chi connectivity index (χ4n) is 5.86. The van der Waals surface area contributed by atoms with Crippen molar-refractivity contribution in [1.29, 1.82) is 0 Å². The summed E-state index contributed by atoms with van der Waals surface area (Å²) in [4.78, 5) is 45.6. The molecule has 0 saturated carbocycles. The van der Waals surface area contributed by atoms with Gasteiger partial charge in [-0.15, -0.1) is 0 Å². The Morgan fingerprint density at radius 2 is 1.82 bits per heavy atom. The zero-order valence-electron chi connectivity index (χ0n) is 27.2. The molecule has 0 bridgehead atoms. The molecule has 50 heavy (non-hydrogen) atoms. The molecule has 260 valence electrons. The number of alkyl halides is 3. The van der Waals surface area contributed by atoms with Gasteiger partial charge < -0.3 is 30.7 Å². The van der Waals surface area contributed by atoms with E-state index in [0.29, 0.717) is 44.5 Å². The highest BCUT2D eigenvalue weighted by molar-refractivity contribution is 6.34. The first-order valence-electron chi connectivity index (χ1n) is 15.2. The number of hydrogen-bond donors (Lipinski definition) is 3. The van der Waals surface area contributed by atoms with Gasteiger partial charge in [0.2, 0.25) is 0 Å². The van der Waals surface area contributed by atoms with E-state index in [1.165, 1.54) is 24.4 Å². The molecule has 2 aromatic heterocycles. The molecule has 0 radical (unpaired) electrons. The Balaban J connectivity index is 1.65. The molecule has 4 aromatic rings. The monoisotopic (exact) mass is 709 g/mol. The van der Waals surface area contributed by atoms with Gasteiger partial charge in [0.1, 0.15) is 12.4 Å². The molecule has 1 atom stereocenters. The summed E-state index contributed by atoms with van der Waals surface area (Å²) in [6.07, 6.45) is -2.33. The molecule has 4 N–H and O–H groups in total. The van der Waals surface area contributed by atoms with Gasteiger partial charge in [0, 0.05) is 50.1 Å². The van der Waals surface area contributed by atoms with Crippen molar-refractivity contribution in [3.05, 3.63) is 77.2 Å². The number of aromatic nitrogens is 2. The maximum absolute atomic E-state index is 13.3. The van der Waals surface area contributed by atoms with Gasteiger partial charge >= 0.3 is 6.18 Å². The molecule has 1 aliphatic heterocycles. The number of likely N-dealkylation sites (N-methyl/N-ethyl adjacent to an activating group) is 2. The minimum Gasteiger partial charge on any atom is -0.383 e.